The van der Waals surface area contributed by atoms with Gasteiger partial charge >= 0.3 is 0 Å². The molecule has 1 aliphatic heterocycles. The van der Waals surface area contributed by atoms with Gasteiger partial charge in [-0.2, -0.15) is 0 Å². The number of aliphatic hydroxyl groups excluding tert-OH is 1. The number of aliphatic hydroxyl groups is 1. The van der Waals surface area contributed by atoms with Gasteiger partial charge < -0.3 is 10.4 Å². The minimum Gasteiger partial charge on any atom is -0.393 e. The van der Waals surface area contributed by atoms with Gasteiger partial charge in [-0.05, 0) is 54.7 Å². The third-order valence-corrected chi connectivity index (χ3v) is 4.81. The summed E-state index contributed by atoms with van der Waals surface area (Å²) in [5.74, 6) is 0.897. The number of rotatable bonds is 5. The van der Waals surface area contributed by atoms with Crippen molar-refractivity contribution in [2.75, 3.05) is 12.3 Å². The van der Waals surface area contributed by atoms with Crippen LogP contribution in [-0.4, -0.2) is 23.5 Å². The largest absolute Gasteiger partial charge is 0.393 e. The first-order chi connectivity index (χ1) is 9.37. The van der Waals surface area contributed by atoms with Crippen molar-refractivity contribution in [2.45, 2.75) is 50.7 Å². The van der Waals surface area contributed by atoms with E-state index in [1.165, 1.54) is 11.0 Å². The maximum Gasteiger partial charge on any atom is 0.123 e. The fraction of sp³-hybridized carbons (Fsp3) is 0.625. The third kappa shape index (κ3) is 4.21. The van der Waals surface area contributed by atoms with Crippen LogP contribution in [0.2, 0.25) is 0 Å². The molecule has 112 valence electrons. The third-order valence-electron chi connectivity index (χ3n) is 3.69. The number of benzene rings is 1. The van der Waals surface area contributed by atoms with E-state index in [2.05, 4.69) is 19.2 Å². The van der Waals surface area contributed by atoms with Gasteiger partial charge in [-0.3, -0.25) is 0 Å². The summed E-state index contributed by atoms with van der Waals surface area (Å²) in [7, 11) is 0. The number of halogens is 1. The predicted molar refractivity (Wildman–Crippen MR) is 82.6 cm³/mol. The average molecular weight is 297 g/mol. The van der Waals surface area contributed by atoms with Gasteiger partial charge in [0.1, 0.15) is 5.82 Å². The van der Waals surface area contributed by atoms with E-state index in [0.29, 0.717) is 0 Å². The highest BCUT2D eigenvalue weighted by atomic mass is 32.2. The van der Waals surface area contributed by atoms with Gasteiger partial charge in [0.2, 0.25) is 0 Å². The molecule has 0 amide bonds. The summed E-state index contributed by atoms with van der Waals surface area (Å²) in [5.41, 5.74) is 1.11. The van der Waals surface area contributed by atoms with Crippen molar-refractivity contribution in [3.63, 3.8) is 0 Å². The quantitative estimate of drug-likeness (QED) is 0.868. The zero-order chi connectivity index (χ0) is 14.8. The Morgan fingerprint density at radius 3 is 2.95 bits per heavy atom. The van der Waals surface area contributed by atoms with Gasteiger partial charge in [0, 0.05) is 17.5 Å². The molecular formula is C16H24FNOS. The molecule has 1 aliphatic rings. The zero-order valence-corrected chi connectivity index (χ0v) is 13.3. The maximum atomic E-state index is 13.4. The topological polar surface area (TPSA) is 32.3 Å². The molecule has 0 aromatic heterocycles. The van der Waals surface area contributed by atoms with Crippen molar-refractivity contribution >= 4 is 11.8 Å². The summed E-state index contributed by atoms with van der Waals surface area (Å²) >= 11 is 1.80. The second-order valence-electron chi connectivity index (χ2n) is 6.47. The second kappa shape index (κ2) is 6.46. The van der Waals surface area contributed by atoms with Crippen molar-refractivity contribution in [3.8, 4) is 0 Å². The number of fused-ring (bicyclic) bond motifs is 1. The molecule has 1 aromatic rings. The first-order valence-corrected chi connectivity index (χ1v) is 8.20. The average Bonchev–Trinajstić information content (AvgIpc) is 2.35. The minimum absolute atomic E-state index is 0.0340. The van der Waals surface area contributed by atoms with Crippen LogP contribution in [0.4, 0.5) is 4.39 Å². The van der Waals surface area contributed by atoms with Crippen molar-refractivity contribution in [1.29, 1.82) is 0 Å². The van der Waals surface area contributed by atoms with Crippen LogP contribution in [0, 0.1) is 11.2 Å². The number of hydrogen-bond acceptors (Lipinski definition) is 3. The Balaban J connectivity index is 2.03. The molecule has 4 heteroatoms. The highest BCUT2D eigenvalue weighted by Crippen LogP contribution is 2.37. The molecule has 2 N–H and O–H groups in total. The molecule has 2 unspecified atom stereocenters. The summed E-state index contributed by atoms with van der Waals surface area (Å²) in [6, 6.07) is 5.28. The highest BCUT2D eigenvalue weighted by molar-refractivity contribution is 7.99. The lowest BCUT2D eigenvalue weighted by molar-refractivity contribution is 0.126. The van der Waals surface area contributed by atoms with Gasteiger partial charge in [0.05, 0.1) is 6.10 Å². The molecule has 2 atom stereocenters. The summed E-state index contributed by atoms with van der Waals surface area (Å²) in [5, 5.41) is 13.1. The smallest absolute Gasteiger partial charge is 0.123 e. The van der Waals surface area contributed by atoms with Crippen LogP contribution < -0.4 is 5.32 Å². The number of nitrogens with one attached hydrogen (secondary N) is 1. The van der Waals surface area contributed by atoms with Crippen molar-refractivity contribution in [3.05, 3.63) is 29.6 Å². The van der Waals surface area contributed by atoms with Crippen LogP contribution in [0.3, 0.4) is 0 Å². The molecule has 0 bridgehead atoms. The van der Waals surface area contributed by atoms with E-state index in [4.69, 9.17) is 0 Å². The molecule has 0 spiro atoms. The maximum absolute atomic E-state index is 13.4. The van der Waals surface area contributed by atoms with Crippen LogP contribution in [0.25, 0.3) is 0 Å². The fourth-order valence-corrected chi connectivity index (χ4v) is 3.95. The summed E-state index contributed by atoms with van der Waals surface area (Å²) in [6.45, 7) is 6.94. The molecule has 0 radical (unpaired) electrons. The van der Waals surface area contributed by atoms with E-state index in [-0.39, 0.29) is 23.4 Å². The van der Waals surface area contributed by atoms with Gasteiger partial charge in [0.25, 0.3) is 0 Å². The molecule has 20 heavy (non-hydrogen) atoms. The normalized spacial score (nSPS) is 20.6. The van der Waals surface area contributed by atoms with E-state index in [1.54, 1.807) is 17.8 Å². The van der Waals surface area contributed by atoms with Gasteiger partial charge in [-0.25, -0.2) is 4.39 Å². The molecule has 0 saturated heterocycles. The molecular weight excluding hydrogens is 273 g/mol. The lowest BCUT2D eigenvalue weighted by atomic mass is 9.86. The van der Waals surface area contributed by atoms with Crippen LogP contribution in [0.15, 0.2) is 23.1 Å². The minimum atomic E-state index is -0.293. The van der Waals surface area contributed by atoms with E-state index in [1.807, 2.05) is 13.0 Å². The number of hydrogen-bond donors (Lipinski definition) is 2. The van der Waals surface area contributed by atoms with E-state index >= 15 is 0 Å². The van der Waals surface area contributed by atoms with Gasteiger partial charge in [-0.1, -0.05) is 13.8 Å². The SMILES string of the molecule is CC(O)CC(C)(C)CNC1CCSc2ccc(F)cc21. The summed E-state index contributed by atoms with van der Waals surface area (Å²) in [6.07, 6.45) is 1.49. The molecule has 0 fully saturated rings. The van der Waals surface area contributed by atoms with Crippen molar-refractivity contribution in [1.82, 2.24) is 5.32 Å². The summed E-state index contributed by atoms with van der Waals surface area (Å²) in [4.78, 5) is 1.18. The molecule has 2 rings (SSSR count). The molecule has 1 aromatic carbocycles. The Hall–Kier alpha value is -0.580. The fourth-order valence-electron chi connectivity index (χ4n) is 2.85. The standard InChI is InChI=1S/C16H24FNOS/c1-11(19)9-16(2,3)10-18-14-6-7-20-15-5-4-12(17)8-13(14)15/h4-5,8,11,14,18-19H,6-7,9-10H2,1-3H3. The Bertz CT molecular complexity index is 462. The van der Waals surface area contributed by atoms with Crippen molar-refractivity contribution < 1.29 is 9.50 Å². The highest BCUT2D eigenvalue weighted by Gasteiger charge is 2.25. The Kier molecular flexibility index (Phi) is 5.10. The van der Waals surface area contributed by atoms with Crippen molar-refractivity contribution in [2.24, 2.45) is 5.41 Å². The lowest BCUT2D eigenvalue weighted by Crippen LogP contribution is -2.35. The molecule has 2 nitrogen and oxygen atoms in total. The monoisotopic (exact) mass is 297 g/mol. The summed E-state index contributed by atoms with van der Waals surface area (Å²) < 4.78 is 13.4. The molecule has 0 aliphatic carbocycles. The van der Waals surface area contributed by atoms with E-state index < -0.39 is 0 Å². The first-order valence-electron chi connectivity index (χ1n) is 7.21. The number of thioether (sulfide) groups is 1. The van der Waals surface area contributed by atoms with E-state index in [0.717, 1.165) is 30.7 Å². The van der Waals surface area contributed by atoms with Gasteiger partial charge in [0.15, 0.2) is 0 Å². The predicted octanol–water partition coefficient (Wildman–Crippen LogP) is 3.75. The van der Waals surface area contributed by atoms with Gasteiger partial charge in [-0.15, -0.1) is 11.8 Å². The second-order valence-corrected chi connectivity index (χ2v) is 7.61. The van der Waals surface area contributed by atoms with Crippen LogP contribution in [0.5, 0.6) is 0 Å². The Morgan fingerprint density at radius 2 is 2.25 bits per heavy atom. The van der Waals surface area contributed by atoms with Crippen LogP contribution >= 0.6 is 11.8 Å². The molecule has 1 heterocycles. The van der Waals surface area contributed by atoms with Crippen LogP contribution in [0.1, 0.15) is 45.2 Å². The molecule has 0 saturated carbocycles. The zero-order valence-electron chi connectivity index (χ0n) is 12.4. The first kappa shape index (κ1) is 15.8. The Labute approximate surface area is 125 Å². The lowest BCUT2D eigenvalue weighted by Gasteiger charge is -2.32. The van der Waals surface area contributed by atoms with Crippen LogP contribution in [-0.2, 0) is 0 Å². The Morgan fingerprint density at radius 1 is 1.50 bits per heavy atom. The van der Waals surface area contributed by atoms with E-state index in [9.17, 15) is 9.50 Å².